The number of aromatic nitrogens is 2. The maximum atomic E-state index is 5.98. The molecule has 3 nitrogen and oxygen atoms in total. The summed E-state index contributed by atoms with van der Waals surface area (Å²) >= 11 is 3.53. The Morgan fingerprint density at radius 1 is 1.42 bits per heavy atom. The van der Waals surface area contributed by atoms with Crippen LogP contribution in [-0.4, -0.2) is 16.1 Å². The fourth-order valence-electron chi connectivity index (χ4n) is 2.74. The van der Waals surface area contributed by atoms with E-state index in [4.69, 9.17) is 10.7 Å². The fourth-order valence-corrected chi connectivity index (χ4v) is 3.09. The monoisotopic (exact) mass is 321 g/mol. The van der Waals surface area contributed by atoms with Crippen LogP contribution < -0.4 is 5.73 Å². The predicted octanol–water partition coefficient (Wildman–Crippen LogP) is 3.83. The van der Waals surface area contributed by atoms with Crippen molar-refractivity contribution in [2.24, 2.45) is 11.7 Å². The second kappa shape index (κ2) is 4.91. The first-order valence-corrected chi connectivity index (χ1v) is 7.78. The van der Waals surface area contributed by atoms with Gasteiger partial charge in [0.1, 0.15) is 5.82 Å². The van der Waals surface area contributed by atoms with E-state index in [2.05, 4.69) is 52.5 Å². The molecule has 1 heterocycles. The zero-order valence-corrected chi connectivity index (χ0v) is 13.0. The summed E-state index contributed by atoms with van der Waals surface area (Å²) in [5, 5.41) is 0. The molecule has 1 saturated carbocycles. The Hall–Kier alpha value is -0.870. The Balaban J connectivity index is 2.19. The van der Waals surface area contributed by atoms with E-state index in [0.29, 0.717) is 24.4 Å². The summed E-state index contributed by atoms with van der Waals surface area (Å²) in [5.41, 5.74) is 8.31. The molecule has 0 radical (unpaired) electrons. The lowest BCUT2D eigenvalue weighted by atomic mass is 9.95. The van der Waals surface area contributed by atoms with Gasteiger partial charge in [-0.05, 0) is 37.0 Å². The summed E-state index contributed by atoms with van der Waals surface area (Å²) in [4.78, 5) is 4.88. The lowest BCUT2D eigenvalue weighted by molar-refractivity contribution is 0.464. The molecule has 0 bridgehead atoms. The van der Waals surface area contributed by atoms with Crippen LogP contribution in [0.15, 0.2) is 22.7 Å². The quantitative estimate of drug-likeness (QED) is 0.930. The fraction of sp³-hybridized carbons (Fsp3) is 0.533. The average Bonchev–Trinajstić information content (AvgIpc) is 3.12. The molecule has 0 aliphatic heterocycles. The van der Waals surface area contributed by atoms with Gasteiger partial charge in [0.2, 0.25) is 0 Å². The molecule has 1 fully saturated rings. The van der Waals surface area contributed by atoms with Crippen LogP contribution >= 0.6 is 15.9 Å². The summed E-state index contributed by atoms with van der Waals surface area (Å²) in [6.07, 6.45) is 2.54. The third-order valence-corrected chi connectivity index (χ3v) is 4.47. The highest BCUT2D eigenvalue weighted by molar-refractivity contribution is 9.10. The van der Waals surface area contributed by atoms with Crippen molar-refractivity contribution in [2.45, 2.75) is 38.6 Å². The number of hydrogen-bond donors (Lipinski definition) is 1. The van der Waals surface area contributed by atoms with Crippen LogP contribution in [0.4, 0.5) is 0 Å². The van der Waals surface area contributed by atoms with Gasteiger partial charge in [0.15, 0.2) is 0 Å². The van der Waals surface area contributed by atoms with E-state index >= 15 is 0 Å². The highest BCUT2D eigenvalue weighted by atomic mass is 79.9. The minimum absolute atomic E-state index is 0.340. The summed E-state index contributed by atoms with van der Waals surface area (Å²) in [6.45, 7) is 5.11. The number of nitrogens with two attached hydrogens (primary N) is 1. The largest absolute Gasteiger partial charge is 0.330 e. The molecule has 1 aromatic carbocycles. The van der Waals surface area contributed by atoms with E-state index in [0.717, 1.165) is 9.99 Å². The van der Waals surface area contributed by atoms with Crippen LogP contribution in [0.25, 0.3) is 11.0 Å². The van der Waals surface area contributed by atoms with Crippen molar-refractivity contribution >= 4 is 27.0 Å². The predicted molar refractivity (Wildman–Crippen MR) is 82.3 cm³/mol. The molecule has 1 aromatic heterocycles. The van der Waals surface area contributed by atoms with E-state index in [1.807, 2.05) is 0 Å². The molecule has 1 aliphatic rings. The summed E-state index contributed by atoms with van der Waals surface area (Å²) in [7, 11) is 0. The van der Waals surface area contributed by atoms with Crippen LogP contribution in [0.2, 0.25) is 0 Å². The van der Waals surface area contributed by atoms with Gasteiger partial charge in [0, 0.05) is 23.0 Å². The molecule has 19 heavy (non-hydrogen) atoms. The minimum atomic E-state index is 0.340. The van der Waals surface area contributed by atoms with Gasteiger partial charge in [-0.15, -0.1) is 0 Å². The van der Waals surface area contributed by atoms with Crippen LogP contribution in [0.5, 0.6) is 0 Å². The zero-order valence-electron chi connectivity index (χ0n) is 11.4. The number of hydrogen-bond acceptors (Lipinski definition) is 2. The third-order valence-electron chi connectivity index (χ3n) is 3.98. The van der Waals surface area contributed by atoms with E-state index < -0.39 is 0 Å². The van der Waals surface area contributed by atoms with Crippen molar-refractivity contribution in [2.75, 3.05) is 6.54 Å². The maximum Gasteiger partial charge on any atom is 0.114 e. The Morgan fingerprint density at radius 3 is 2.74 bits per heavy atom. The topological polar surface area (TPSA) is 43.8 Å². The highest BCUT2D eigenvalue weighted by Crippen LogP contribution is 2.41. The summed E-state index contributed by atoms with van der Waals surface area (Å²) in [5.74, 6) is 2.03. The molecule has 1 unspecified atom stereocenters. The van der Waals surface area contributed by atoms with Crippen molar-refractivity contribution < 1.29 is 0 Å². The summed E-state index contributed by atoms with van der Waals surface area (Å²) < 4.78 is 3.51. The standard InChI is InChI=1S/C15H20BrN3/c1-9(2)12(8-17)15-18-13-7-10(16)3-6-14(13)19(15)11-4-5-11/h3,6-7,9,11-12H,4-5,8,17H2,1-2H3. The Kier molecular flexibility index (Phi) is 3.39. The SMILES string of the molecule is CC(C)C(CN)c1nc2cc(Br)ccc2n1C1CC1. The average molecular weight is 322 g/mol. The van der Waals surface area contributed by atoms with E-state index in [-0.39, 0.29) is 0 Å². The molecular formula is C15H20BrN3. The minimum Gasteiger partial charge on any atom is -0.330 e. The van der Waals surface area contributed by atoms with Gasteiger partial charge in [0.25, 0.3) is 0 Å². The van der Waals surface area contributed by atoms with Gasteiger partial charge < -0.3 is 10.3 Å². The first-order valence-electron chi connectivity index (χ1n) is 6.99. The van der Waals surface area contributed by atoms with E-state index in [1.54, 1.807) is 0 Å². The normalized spacial score (nSPS) is 17.3. The zero-order chi connectivity index (χ0) is 13.6. The Morgan fingerprint density at radius 2 is 2.16 bits per heavy atom. The van der Waals surface area contributed by atoms with Crippen molar-refractivity contribution in [3.05, 3.63) is 28.5 Å². The first-order chi connectivity index (χ1) is 9.11. The van der Waals surface area contributed by atoms with Crippen LogP contribution in [-0.2, 0) is 0 Å². The molecule has 102 valence electrons. The van der Waals surface area contributed by atoms with Crippen molar-refractivity contribution in [3.8, 4) is 0 Å². The molecule has 4 heteroatoms. The van der Waals surface area contributed by atoms with Crippen molar-refractivity contribution in [3.63, 3.8) is 0 Å². The number of nitrogens with zero attached hydrogens (tertiary/aromatic N) is 2. The molecule has 1 atom stereocenters. The van der Waals surface area contributed by atoms with Gasteiger partial charge in [-0.1, -0.05) is 29.8 Å². The molecule has 0 amide bonds. The van der Waals surface area contributed by atoms with Crippen LogP contribution in [0, 0.1) is 5.92 Å². The highest BCUT2D eigenvalue weighted by Gasteiger charge is 2.31. The number of halogens is 1. The third kappa shape index (κ3) is 2.32. The number of fused-ring (bicyclic) bond motifs is 1. The number of benzene rings is 1. The molecule has 2 N–H and O–H groups in total. The second-order valence-electron chi connectivity index (χ2n) is 5.79. The van der Waals surface area contributed by atoms with Gasteiger partial charge >= 0.3 is 0 Å². The van der Waals surface area contributed by atoms with Gasteiger partial charge in [-0.25, -0.2) is 4.98 Å². The van der Waals surface area contributed by atoms with Gasteiger partial charge in [-0.3, -0.25) is 0 Å². The Bertz CT molecular complexity index is 599. The van der Waals surface area contributed by atoms with Crippen LogP contribution in [0.1, 0.15) is 44.5 Å². The molecular weight excluding hydrogens is 302 g/mol. The van der Waals surface area contributed by atoms with Crippen molar-refractivity contribution in [1.82, 2.24) is 9.55 Å². The summed E-state index contributed by atoms with van der Waals surface area (Å²) in [6, 6.07) is 7.00. The first kappa shape index (κ1) is 13.1. The van der Waals surface area contributed by atoms with Crippen molar-refractivity contribution in [1.29, 1.82) is 0 Å². The molecule has 3 rings (SSSR count). The molecule has 0 saturated heterocycles. The maximum absolute atomic E-state index is 5.98. The van der Waals surface area contributed by atoms with E-state index in [9.17, 15) is 0 Å². The lowest BCUT2D eigenvalue weighted by Gasteiger charge is -2.20. The molecule has 0 spiro atoms. The van der Waals surface area contributed by atoms with E-state index in [1.165, 1.54) is 24.2 Å². The molecule has 2 aromatic rings. The number of rotatable bonds is 4. The van der Waals surface area contributed by atoms with Gasteiger partial charge in [0.05, 0.1) is 11.0 Å². The smallest absolute Gasteiger partial charge is 0.114 e. The molecule has 1 aliphatic carbocycles. The second-order valence-corrected chi connectivity index (χ2v) is 6.71. The van der Waals surface area contributed by atoms with Gasteiger partial charge in [-0.2, -0.15) is 0 Å². The Labute approximate surface area is 122 Å². The lowest BCUT2D eigenvalue weighted by Crippen LogP contribution is -2.21. The van der Waals surface area contributed by atoms with Crippen LogP contribution in [0.3, 0.4) is 0 Å². The number of imidazole rings is 1.